The number of thioether (sulfide) groups is 1. The second-order valence-corrected chi connectivity index (χ2v) is 5.92. The number of aromatic nitrogens is 1. The van der Waals surface area contributed by atoms with Crippen LogP contribution in [0, 0.1) is 0 Å². The van der Waals surface area contributed by atoms with Gasteiger partial charge in [0.2, 0.25) is 0 Å². The summed E-state index contributed by atoms with van der Waals surface area (Å²) in [6.07, 6.45) is 6.41. The summed E-state index contributed by atoms with van der Waals surface area (Å²) in [6, 6.07) is 5.22. The maximum absolute atomic E-state index is 4.60. The summed E-state index contributed by atoms with van der Waals surface area (Å²) < 4.78 is 0. The summed E-state index contributed by atoms with van der Waals surface area (Å²) in [5.74, 6) is 1.20. The third kappa shape index (κ3) is 4.69. The lowest BCUT2D eigenvalue weighted by atomic mass is 10.1. The van der Waals surface area contributed by atoms with Crippen LogP contribution in [0.5, 0.6) is 0 Å². The fourth-order valence-electron chi connectivity index (χ4n) is 2.11. The van der Waals surface area contributed by atoms with Crippen LogP contribution in [0.2, 0.25) is 0 Å². The second kappa shape index (κ2) is 8.43. The van der Waals surface area contributed by atoms with Crippen LogP contribution in [-0.4, -0.2) is 37.1 Å². The Morgan fingerprint density at radius 3 is 2.63 bits per heavy atom. The van der Waals surface area contributed by atoms with E-state index in [1.54, 1.807) is 0 Å². The van der Waals surface area contributed by atoms with E-state index in [0.29, 0.717) is 12.1 Å². The Hall–Kier alpha value is -0.740. The van der Waals surface area contributed by atoms with Crippen LogP contribution >= 0.6 is 11.8 Å². The Labute approximate surface area is 122 Å². The van der Waals surface area contributed by atoms with Gasteiger partial charge in [-0.15, -0.1) is 0 Å². The summed E-state index contributed by atoms with van der Waals surface area (Å²) >= 11 is 1.90. The zero-order valence-corrected chi connectivity index (χ0v) is 13.6. The molecule has 0 aliphatic carbocycles. The van der Waals surface area contributed by atoms with E-state index in [4.69, 9.17) is 0 Å². The number of hydrogen-bond acceptors (Lipinski definition) is 4. The van der Waals surface area contributed by atoms with Crippen molar-refractivity contribution in [1.29, 1.82) is 0 Å². The molecule has 1 aromatic rings. The summed E-state index contributed by atoms with van der Waals surface area (Å²) in [7, 11) is 4.14. The van der Waals surface area contributed by atoms with E-state index in [1.807, 2.05) is 25.0 Å². The van der Waals surface area contributed by atoms with E-state index in [1.165, 1.54) is 17.9 Å². The number of anilines is 1. The Morgan fingerprint density at radius 2 is 2.16 bits per heavy atom. The highest BCUT2D eigenvalue weighted by Gasteiger charge is 2.12. The molecule has 4 heteroatoms. The lowest BCUT2D eigenvalue weighted by molar-refractivity contribution is 0.561. The van der Waals surface area contributed by atoms with Gasteiger partial charge in [0.15, 0.2) is 0 Å². The molecule has 0 aliphatic rings. The highest BCUT2D eigenvalue weighted by Crippen LogP contribution is 2.20. The third-order valence-corrected chi connectivity index (χ3v) is 4.34. The van der Waals surface area contributed by atoms with E-state index in [9.17, 15) is 0 Å². The molecular formula is C15H27N3S. The van der Waals surface area contributed by atoms with Crippen molar-refractivity contribution in [3.63, 3.8) is 0 Å². The molecule has 2 unspecified atom stereocenters. The standard InChI is InChI=1S/C15H27N3S/c1-6-14(16-3)15-8-7-13(11-17-15)18(4)12(2)9-10-19-5/h7-8,11-12,14,16H,6,9-10H2,1-5H3. The summed E-state index contributed by atoms with van der Waals surface area (Å²) in [5, 5.41) is 3.29. The normalized spacial score (nSPS) is 14.2. The van der Waals surface area contributed by atoms with E-state index in [-0.39, 0.29) is 0 Å². The topological polar surface area (TPSA) is 28.2 Å². The lowest BCUT2D eigenvalue weighted by Crippen LogP contribution is -2.29. The van der Waals surface area contributed by atoms with Gasteiger partial charge in [-0.1, -0.05) is 6.92 Å². The van der Waals surface area contributed by atoms with Crippen molar-refractivity contribution in [1.82, 2.24) is 10.3 Å². The minimum atomic E-state index is 0.355. The predicted molar refractivity (Wildman–Crippen MR) is 87.2 cm³/mol. The van der Waals surface area contributed by atoms with Crippen LogP contribution in [0.1, 0.15) is 38.4 Å². The van der Waals surface area contributed by atoms with Crippen molar-refractivity contribution >= 4 is 17.4 Å². The Morgan fingerprint density at radius 1 is 1.42 bits per heavy atom. The molecule has 0 spiro atoms. The van der Waals surface area contributed by atoms with Crippen molar-refractivity contribution < 1.29 is 0 Å². The largest absolute Gasteiger partial charge is 0.371 e. The smallest absolute Gasteiger partial charge is 0.0574 e. The van der Waals surface area contributed by atoms with Gasteiger partial charge in [0, 0.05) is 19.1 Å². The zero-order chi connectivity index (χ0) is 14.3. The lowest BCUT2D eigenvalue weighted by Gasteiger charge is -2.27. The Bertz CT molecular complexity index is 349. The van der Waals surface area contributed by atoms with E-state index >= 15 is 0 Å². The SMILES string of the molecule is CCC(NC)c1ccc(N(C)C(C)CCSC)cn1. The first-order valence-corrected chi connectivity index (χ1v) is 8.38. The van der Waals surface area contributed by atoms with Gasteiger partial charge >= 0.3 is 0 Å². The van der Waals surface area contributed by atoms with Crippen molar-refractivity contribution in [2.75, 3.05) is 31.0 Å². The van der Waals surface area contributed by atoms with E-state index in [0.717, 1.165) is 12.1 Å². The van der Waals surface area contributed by atoms with E-state index < -0.39 is 0 Å². The number of pyridine rings is 1. The molecule has 1 rings (SSSR count). The monoisotopic (exact) mass is 281 g/mol. The van der Waals surface area contributed by atoms with Gasteiger partial charge < -0.3 is 10.2 Å². The van der Waals surface area contributed by atoms with Crippen molar-refractivity contribution in [2.24, 2.45) is 0 Å². The first-order chi connectivity index (χ1) is 9.13. The average molecular weight is 281 g/mol. The molecule has 1 N–H and O–H groups in total. The minimum Gasteiger partial charge on any atom is -0.371 e. The minimum absolute atomic E-state index is 0.355. The van der Waals surface area contributed by atoms with Crippen LogP contribution in [0.25, 0.3) is 0 Å². The molecule has 1 aromatic heterocycles. The average Bonchev–Trinajstić information content (AvgIpc) is 2.46. The quantitative estimate of drug-likeness (QED) is 0.791. The molecule has 0 saturated heterocycles. The van der Waals surface area contributed by atoms with Crippen molar-refractivity contribution in [3.05, 3.63) is 24.0 Å². The molecule has 0 saturated carbocycles. The maximum atomic E-state index is 4.60. The van der Waals surface area contributed by atoms with E-state index in [2.05, 4.69) is 54.5 Å². The van der Waals surface area contributed by atoms with Crippen LogP contribution in [0.15, 0.2) is 18.3 Å². The molecule has 0 radical (unpaired) electrons. The molecule has 3 nitrogen and oxygen atoms in total. The second-order valence-electron chi connectivity index (χ2n) is 4.93. The summed E-state index contributed by atoms with van der Waals surface area (Å²) in [5.41, 5.74) is 2.32. The molecule has 0 aliphatic heterocycles. The molecule has 0 aromatic carbocycles. The summed E-state index contributed by atoms with van der Waals surface area (Å²) in [4.78, 5) is 6.91. The molecular weight excluding hydrogens is 254 g/mol. The first kappa shape index (κ1) is 16.3. The number of rotatable bonds is 8. The number of nitrogens with zero attached hydrogens (tertiary/aromatic N) is 2. The molecule has 1 heterocycles. The van der Waals surface area contributed by atoms with Crippen LogP contribution in [0.4, 0.5) is 5.69 Å². The molecule has 2 atom stereocenters. The molecule has 19 heavy (non-hydrogen) atoms. The summed E-state index contributed by atoms with van der Waals surface area (Å²) in [6.45, 7) is 4.44. The number of nitrogens with one attached hydrogen (secondary N) is 1. The maximum Gasteiger partial charge on any atom is 0.0574 e. The predicted octanol–water partition coefficient (Wildman–Crippen LogP) is 3.33. The van der Waals surface area contributed by atoms with Gasteiger partial charge in [-0.3, -0.25) is 4.98 Å². The highest BCUT2D eigenvalue weighted by atomic mass is 32.2. The first-order valence-electron chi connectivity index (χ1n) is 6.99. The van der Waals surface area contributed by atoms with Gasteiger partial charge in [-0.2, -0.15) is 11.8 Å². The van der Waals surface area contributed by atoms with Crippen LogP contribution in [0.3, 0.4) is 0 Å². The van der Waals surface area contributed by atoms with Crippen LogP contribution < -0.4 is 10.2 Å². The third-order valence-electron chi connectivity index (χ3n) is 3.69. The Balaban J connectivity index is 2.69. The van der Waals surface area contributed by atoms with Crippen molar-refractivity contribution in [3.8, 4) is 0 Å². The Kier molecular flexibility index (Phi) is 7.24. The zero-order valence-electron chi connectivity index (χ0n) is 12.8. The molecule has 0 bridgehead atoms. The highest BCUT2D eigenvalue weighted by molar-refractivity contribution is 7.98. The van der Waals surface area contributed by atoms with Gasteiger partial charge in [0.1, 0.15) is 0 Å². The van der Waals surface area contributed by atoms with Gasteiger partial charge in [0.05, 0.1) is 17.6 Å². The van der Waals surface area contributed by atoms with Gasteiger partial charge in [-0.05, 0) is 51.0 Å². The molecule has 0 amide bonds. The van der Waals surface area contributed by atoms with Gasteiger partial charge in [0.25, 0.3) is 0 Å². The fourth-order valence-corrected chi connectivity index (χ4v) is 2.69. The number of hydrogen-bond donors (Lipinski definition) is 1. The molecule has 0 fully saturated rings. The fraction of sp³-hybridized carbons (Fsp3) is 0.667. The molecule has 108 valence electrons. The van der Waals surface area contributed by atoms with Gasteiger partial charge in [-0.25, -0.2) is 0 Å². The van der Waals surface area contributed by atoms with Crippen LogP contribution in [-0.2, 0) is 0 Å². The van der Waals surface area contributed by atoms with Crippen molar-refractivity contribution in [2.45, 2.75) is 38.8 Å².